The van der Waals surface area contributed by atoms with Gasteiger partial charge in [0.25, 0.3) is 5.91 Å². The Kier molecular flexibility index (Phi) is 9.07. The normalized spacial score (nSPS) is 10.5. The molecule has 0 aliphatic heterocycles. The SMILES string of the molecule is COc1ccc(CNc2nc(NCc3ccc(OC)c(OC)c3)n(C(=O)COc3ccccc3)n2)cc1OC. The second-order valence-electron chi connectivity index (χ2n) is 8.25. The predicted molar refractivity (Wildman–Crippen MR) is 146 cm³/mol. The first-order chi connectivity index (χ1) is 19.0. The van der Waals surface area contributed by atoms with Gasteiger partial charge in [-0.05, 0) is 47.5 Å². The molecule has 4 aromatic rings. The molecule has 0 spiro atoms. The summed E-state index contributed by atoms with van der Waals surface area (Å²) in [5.41, 5.74) is 1.82. The third-order valence-electron chi connectivity index (χ3n) is 5.75. The zero-order chi connectivity index (χ0) is 27.6. The second kappa shape index (κ2) is 13.0. The van der Waals surface area contributed by atoms with Gasteiger partial charge in [0, 0.05) is 13.1 Å². The van der Waals surface area contributed by atoms with E-state index in [1.807, 2.05) is 54.6 Å². The molecule has 3 aromatic carbocycles. The number of rotatable bonds is 13. The monoisotopic (exact) mass is 533 g/mol. The summed E-state index contributed by atoms with van der Waals surface area (Å²) in [5.74, 6) is 3.20. The van der Waals surface area contributed by atoms with E-state index < -0.39 is 0 Å². The zero-order valence-electron chi connectivity index (χ0n) is 22.3. The molecular formula is C28H31N5O6. The molecule has 0 fully saturated rings. The van der Waals surface area contributed by atoms with Crippen LogP contribution < -0.4 is 34.3 Å². The molecule has 0 bridgehead atoms. The Balaban J connectivity index is 1.51. The zero-order valence-corrected chi connectivity index (χ0v) is 22.3. The van der Waals surface area contributed by atoms with E-state index in [9.17, 15) is 4.79 Å². The predicted octanol–water partition coefficient (Wildman–Crippen LogP) is 4.26. The minimum absolute atomic E-state index is 0.215. The van der Waals surface area contributed by atoms with Crippen LogP contribution in [0.5, 0.6) is 28.7 Å². The van der Waals surface area contributed by atoms with Crippen LogP contribution in [0.3, 0.4) is 0 Å². The number of nitrogens with zero attached hydrogens (tertiary/aromatic N) is 3. The van der Waals surface area contributed by atoms with Crippen LogP contribution in [0.25, 0.3) is 0 Å². The number of hydrogen-bond donors (Lipinski definition) is 2. The van der Waals surface area contributed by atoms with Crippen LogP contribution in [-0.2, 0) is 13.1 Å². The van der Waals surface area contributed by atoms with E-state index in [0.717, 1.165) is 11.1 Å². The lowest BCUT2D eigenvalue weighted by Gasteiger charge is -2.11. The average molecular weight is 534 g/mol. The van der Waals surface area contributed by atoms with Gasteiger partial charge in [-0.25, -0.2) is 0 Å². The van der Waals surface area contributed by atoms with Crippen molar-refractivity contribution >= 4 is 17.8 Å². The van der Waals surface area contributed by atoms with Gasteiger partial charge in [0.05, 0.1) is 28.4 Å². The van der Waals surface area contributed by atoms with E-state index in [1.54, 1.807) is 40.6 Å². The number of para-hydroxylation sites is 1. The smallest absolute Gasteiger partial charge is 0.288 e. The fourth-order valence-corrected chi connectivity index (χ4v) is 3.74. The van der Waals surface area contributed by atoms with Gasteiger partial charge in [0.15, 0.2) is 29.6 Å². The number of nitrogens with one attached hydrogen (secondary N) is 2. The summed E-state index contributed by atoms with van der Waals surface area (Å²) in [6.07, 6.45) is 0. The third-order valence-corrected chi connectivity index (χ3v) is 5.75. The van der Waals surface area contributed by atoms with Crippen molar-refractivity contribution in [3.05, 3.63) is 77.9 Å². The largest absolute Gasteiger partial charge is 0.493 e. The van der Waals surface area contributed by atoms with E-state index in [-0.39, 0.29) is 24.4 Å². The van der Waals surface area contributed by atoms with E-state index in [0.29, 0.717) is 41.8 Å². The molecule has 0 aliphatic rings. The molecule has 0 saturated carbocycles. The van der Waals surface area contributed by atoms with Crippen LogP contribution in [0, 0.1) is 0 Å². The van der Waals surface area contributed by atoms with Crippen molar-refractivity contribution in [3.63, 3.8) is 0 Å². The fourth-order valence-electron chi connectivity index (χ4n) is 3.74. The third kappa shape index (κ3) is 6.89. The van der Waals surface area contributed by atoms with E-state index >= 15 is 0 Å². The van der Waals surface area contributed by atoms with Crippen molar-refractivity contribution in [2.24, 2.45) is 0 Å². The van der Waals surface area contributed by atoms with Crippen LogP contribution in [0.2, 0.25) is 0 Å². The van der Waals surface area contributed by atoms with Crippen molar-refractivity contribution in [2.45, 2.75) is 13.1 Å². The summed E-state index contributed by atoms with van der Waals surface area (Å²) in [5, 5.41) is 10.7. The van der Waals surface area contributed by atoms with E-state index in [4.69, 9.17) is 23.7 Å². The molecule has 204 valence electrons. The van der Waals surface area contributed by atoms with Gasteiger partial charge in [0.1, 0.15) is 5.75 Å². The summed E-state index contributed by atoms with van der Waals surface area (Å²) in [6, 6.07) is 20.2. The van der Waals surface area contributed by atoms with Crippen LogP contribution >= 0.6 is 0 Å². The Bertz CT molecular complexity index is 1390. The lowest BCUT2D eigenvalue weighted by molar-refractivity contribution is 0.0824. The first-order valence-corrected chi connectivity index (χ1v) is 12.1. The van der Waals surface area contributed by atoms with E-state index in [1.165, 1.54) is 4.68 Å². The van der Waals surface area contributed by atoms with Gasteiger partial charge in [-0.1, -0.05) is 30.3 Å². The van der Waals surface area contributed by atoms with Gasteiger partial charge in [-0.15, -0.1) is 5.10 Å². The maximum absolute atomic E-state index is 13.1. The molecule has 2 N–H and O–H groups in total. The van der Waals surface area contributed by atoms with Gasteiger partial charge in [-0.3, -0.25) is 4.79 Å². The van der Waals surface area contributed by atoms with Crippen molar-refractivity contribution in [1.29, 1.82) is 0 Å². The maximum Gasteiger partial charge on any atom is 0.288 e. The van der Waals surface area contributed by atoms with Crippen LogP contribution in [0.15, 0.2) is 66.7 Å². The molecule has 0 atom stereocenters. The number of anilines is 2. The second-order valence-corrected chi connectivity index (χ2v) is 8.25. The van der Waals surface area contributed by atoms with Crippen molar-refractivity contribution < 1.29 is 28.5 Å². The molecule has 0 radical (unpaired) electrons. The number of methoxy groups -OCH3 is 4. The van der Waals surface area contributed by atoms with Crippen molar-refractivity contribution in [1.82, 2.24) is 14.8 Å². The van der Waals surface area contributed by atoms with Gasteiger partial charge >= 0.3 is 0 Å². The van der Waals surface area contributed by atoms with Gasteiger partial charge in [0.2, 0.25) is 11.9 Å². The van der Waals surface area contributed by atoms with Crippen molar-refractivity contribution in [3.8, 4) is 28.7 Å². The Morgan fingerprint density at radius 2 is 1.31 bits per heavy atom. The first-order valence-electron chi connectivity index (χ1n) is 12.1. The lowest BCUT2D eigenvalue weighted by Crippen LogP contribution is -2.22. The molecule has 1 aromatic heterocycles. The van der Waals surface area contributed by atoms with Crippen LogP contribution in [0.1, 0.15) is 15.9 Å². The lowest BCUT2D eigenvalue weighted by atomic mass is 10.2. The minimum Gasteiger partial charge on any atom is -0.493 e. The molecule has 0 amide bonds. The Morgan fingerprint density at radius 1 is 0.744 bits per heavy atom. The number of benzene rings is 3. The van der Waals surface area contributed by atoms with Gasteiger partial charge in [-0.2, -0.15) is 9.67 Å². The quantitative estimate of drug-likeness (QED) is 0.258. The topological polar surface area (TPSA) is 118 Å². The van der Waals surface area contributed by atoms with Crippen molar-refractivity contribution in [2.75, 3.05) is 45.7 Å². The molecule has 0 unspecified atom stereocenters. The summed E-state index contributed by atoms with van der Waals surface area (Å²) < 4.78 is 28.2. The number of ether oxygens (including phenoxy) is 5. The molecule has 0 aliphatic carbocycles. The number of aromatic nitrogens is 3. The summed E-state index contributed by atoms with van der Waals surface area (Å²) in [6.45, 7) is 0.544. The maximum atomic E-state index is 13.1. The Hall–Kier alpha value is -4.93. The highest BCUT2D eigenvalue weighted by Gasteiger charge is 2.18. The number of carbonyl (C=O) groups excluding carboxylic acids is 1. The minimum atomic E-state index is -0.389. The number of hydrogen-bond acceptors (Lipinski definition) is 10. The highest BCUT2D eigenvalue weighted by atomic mass is 16.5. The number of carbonyl (C=O) groups is 1. The molecule has 0 saturated heterocycles. The standard InChI is InChI=1S/C28H31N5O6/c1-35-22-12-10-19(14-24(22)37-3)16-29-27-31-28(30-17-20-11-13-23(36-2)25(15-20)38-4)33(32-27)26(34)18-39-21-8-6-5-7-9-21/h5-15H,16-18H2,1-4H3,(H2,29,30,31,32). The molecule has 4 rings (SSSR count). The van der Waals surface area contributed by atoms with E-state index in [2.05, 4.69) is 20.7 Å². The molecule has 39 heavy (non-hydrogen) atoms. The highest BCUT2D eigenvalue weighted by molar-refractivity contribution is 5.82. The Morgan fingerprint density at radius 3 is 1.87 bits per heavy atom. The highest BCUT2D eigenvalue weighted by Crippen LogP contribution is 2.29. The van der Waals surface area contributed by atoms with Crippen LogP contribution in [0.4, 0.5) is 11.9 Å². The molecular weight excluding hydrogens is 502 g/mol. The summed E-state index contributed by atoms with van der Waals surface area (Å²) in [4.78, 5) is 17.6. The molecule has 11 heteroatoms. The average Bonchev–Trinajstić information content (AvgIpc) is 3.41. The van der Waals surface area contributed by atoms with Crippen LogP contribution in [-0.4, -0.2) is 55.7 Å². The first kappa shape index (κ1) is 27.1. The fraction of sp³-hybridized carbons (Fsp3) is 0.250. The summed E-state index contributed by atoms with van der Waals surface area (Å²) >= 11 is 0. The summed E-state index contributed by atoms with van der Waals surface area (Å²) in [7, 11) is 6.32. The Labute approximate surface area is 226 Å². The molecule has 11 nitrogen and oxygen atoms in total. The van der Waals surface area contributed by atoms with Gasteiger partial charge < -0.3 is 34.3 Å². The molecule has 1 heterocycles.